The molecule has 0 rings (SSSR count). The Balaban J connectivity index is 0. The topological polar surface area (TPSA) is 20.2 Å². The van der Waals surface area contributed by atoms with Crippen LogP contribution in [0.1, 0.15) is 15.3 Å². The summed E-state index contributed by atoms with van der Waals surface area (Å²) in [7, 11) is 0. The van der Waals surface area contributed by atoms with Crippen molar-refractivity contribution in [2.45, 2.75) is 13.8 Å². The van der Waals surface area contributed by atoms with Crippen LogP contribution >= 0.6 is 0 Å². The second kappa shape index (κ2) is 2.96. The molecule has 0 saturated heterocycles. The zero-order valence-corrected chi connectivity index (χ0v) is 10.0. The Bertz CT molecular complexity index is 24.8. The molecule has 5 heavy (non-hydrogen) atoms. The van der Waals surface area contributed by atoms with Crippen molar-refractivity contribution in [2.75, 3.05) is 0 Å². The average molecular weight is 327 g/mol. The van der Waals surface area contributed by atoms with Crippen LogP contribution in [0.15, 0.2) is 0 Å². The third-order valence-corrected chi connectivity index (χ3v) is 0. The van der Waals surface area contributed by atoms with Gasteiger partial charge in [0.05, 0.1) is 0 Å². The van der Waals surface area contributed by atoms with Gasteiger partial charge in [-0.05, 0) is 0 Å². The van der Waals surface area contributed by atoms with E-state index in [9.17, 15) is 0 Å². The molecular formula is C3H7ORf-. The molecule has 28 valence electrons. The molecule has 0 saturated carbocycles. The first-order valence-electron chi connectivity index (χ1n) is 1.61. The van der Waals surface area contributed by atoms with Crippen molar-refractivity contribution in [1.29, 1.82) is 0 Å². The minimum atomic E-state index is 0. The number of hydrogen-bond donors (Lipinski definition) is 1. The van der Waals surface area contributed by atoms with E-state index in [0.29, 0.717) is 6.10 Å². The fourth-order valence-electron chi connectivity index (χ4n) is 0. The Morgan fingerprint density at radius 1 is 1.80 bits per heavy atom. The molecule has 0 amide bonds. The number of rotatable bonds is 1. The van der Waals surface area contributed by atoms with Gasteiger partial charge in [0.1, 0.15) is 0 Å². The minimum Gasteiger partial charge on any atom is -0.563 e. The Labute approximate surface area is 27.8 Å². The Hall–Kier alpha value is -1.04. The molecule has 1 nitrogen and oxygen atoms in total. The maximum absolute atomic E-state index is 6.12. The molecule has 0 aromatic rings. The first kappa shape index (κ1) is 3.96. The van der Waals surface area contributed by atoms with Gasteiger partial charge in [-0.2, -0.15) is 13.8 Å². The van der Waals surface area contributed by atoms with E-state index in [1.807, 2.05) is 0 Å². The molecule has 0 aliphatic heterocycles. The average Bonchev–Trinajstić information content (AvgIpc) is 1.38. The second-order valence-corrected chi connectivity index (χ2v) is 0.908. The van der Waals surface area contributed by atoms with Gasteiger partial charge in [-0.3, -0.25) is 0 Å². The minimum absolute atomic E-state index is 0. The predicted octanol–water partition coefficient (Wildman–Crippen LogP) is 0.931. The predicted molar refractivity (Wildman–Crippen MR) is 16.5 cm³/mol. The first-order valence-corrected chi connectivity index (χ1v) is 1.20. The van der Waals surface area contributed by atoms with Crippen molar-refractivity contribution < 1.29 is 6.54 Å². The molecule has 0 spiro atoms. The van der Waals surface area contributed by atoms with Crippen LogP contribution in [0.2, 0.25) is 0 Å². The van der Waals surface area contributed by atoms with Gasteiger partial charge in [0, 0.05) is 0 Å². The Kier molecular flexibility index (Phi) is 2.34. The van der Waals surface area contributed by atoms with Gasteiger partial charge < -0.3 is 5.11 Å². The van der Waals surface area contributed by atoms with Crippen LogP contribution in [0.25, 0.3) is 0 Å². The van der Waals surface area contributed by atoms with Gasteiger partial charge in [-0.25, -0.2) is 6.10 Å². The van der Waals surface area contributed by atoms with Crippen molar-refractivity contribution in [3.63, 3.8) is 0 Å². The number of aliphatic hydroxyl groups is 1. The van der Waals surface area contributed by atoms with Gasteiger partial charge in [0.25, 0.3) is 0 Å². The van der Waals surface area contributed by atoms with Gasteiger partial charge in [-0.1, -0.05) is 0 Å². The Morgan fingerprint density at radius 2 is 2.00 bits per heavy atom. The van der Waals surface area contributed by atoms with E-state index in [4.69, 9.17) is 1.43 Å². The fraction of sp³-hybridized carbons (Fsp3) is 0.667. The summed E-state index contributed by atoms with van der Waals surface area (Å²) in [6.07, 6.45) is 0.671. The van der Waals surface area contributed by atoms with E-state index in [1.54, 1.807) is 13.8 Å². The molecule has 0 aromatic carbocycles. The van der Waals surface area contributed by atoms with Crippen molar-refractivity contribution in [3.8, 4) is 0 Å². The fourth-order valence-corrected chi connectivity index (χ4v) is 0. The monoisotopic (exact) mass is 327 g/mol. The smallest absolute Gasteiger partial charge is 0.164 e. The summed E-state index contributed by atoms with van der Waals surface area (Å²) in [5, 5.41) is 3.92. The van der Waals surface area contributed by atoms with Crippen LogP contribution < -0.4 is 0 Å². The van der Waals surface area contributed by atoms with E-state index in [0.717, 1.165) is 0 Å². The maximum Gasteiger partial charge on any atom is 0.164 e. The molecule has 0 heterocycles. The van der Waals surface area contributed by atoms with Crippen LogP contribution in [0.4, 0.5) is 0 Å². The summed E-state index contributed by atoms with van der Waals surface area (Å²) >= 11 is 0. The summed E-state index contributed by atoms with van der Waals surface area (Å²) < 4.78 is 6.12. The molecule has 0 aliphatic rings. The summed E-state index contributed by atoms with van der Waals surface area (Å²) in [6.45, 7) is 3.46. The molecule has 1 N–H and O–H groups in total. The van der Waals surface area contributed by atoms with E-state index in [-0.39, 0.29) is 0 Å². The van der Waals surface area contributed by atoms with E-state index in [1.165, 1.54) is 0 Å². The van der Waals surface area contributed by atoms with Crippen molar-refractivity contribution in [3.05, 3.63) is 6.10 Å². The number of hydrogen-bond acceptors (Lipinski definition) is 1. The quantitative estimate of drug-likeness (QED) is 0.711. The van der Waals surface area contributed by atoms with Crippen LogP contribution in [-0.2, 0) is 0 Å². The third-order valence-electron chi connectivity index (χ3n) is 0. The third kappa shape index (κ3) is 2.52. The van der Waals surface area contributed by atoms with E-state index >= 15 is 0 Å². The zero-order valence-electron chi connectivity index (χ0n) is 4.62. The molecule has 0 fully saturated rings. The van der Waals surface area contributed by atoms with Gasteiger partial charge in [0.15, 0.2) is 1.43 Å². The summed E-state index contributed by atoms with van der Waals surface area (Å²) in [4.78, 5) is 0. The standard InChI is InChI=1S/C3H7O.Rf/c1-3(2)4;/h4H,1-2H3;/q-1;/i4D;. The zero-order chi connectivity index (χ0) is 4.28. The largest absolute Gasteiger partial charge is 0.563 e. The molecule has 0 atom stereocenters. The van der Waals surface area contributed by atoms with Crippen molar-refractivity contribution in [1.82, 2.24) is 0 Å². The molecule has 0 unspecified atom stereocenters. The van der Waals surface area contributed by atoms with Crippen LogP contribution in [-0.4, -0.2) is 5.11 Å². The summed E-state index contributed by atoms with van der Waals surface area (Å²) in [5.74, 6) is 0. The second-order valence-electron chi connectivity index (χ2n) is 0.908. The maximum atomic E-state index is 6.12. The molecule has 2 heteroatoms. The van der Waals surface area contributed by atoms with Crippen LogP contribution in [0.5, 0.6) is 0 Å². The molecule has 0 radical (unpaired) electrons. The van der Waals surface area contributed by atoms with E-state index < -0.39 is 0 Å². The summed E-state index contributed by atoms with van der Waals surface area (Å²) in [5.41, 5.74) is 0. The van der Waals surface area contributed by atoms with Crippen molar-refractivity contribution >= 4 is 0 Å². The molecular weight excluding hydrogens is 319 g/mol. The van der Waals surface area contributed by atoms with Crippen molar-refractivity contribution in [2.24, 2.45) is 0 Å². The van der Waals surface area contributed by atoms with Crippen LogP contribution in [0.3, 0.4) is 0 Å². The molecule has 0 aliphatic carbocycles. The van der Waals surface area contributed by atoms with Gasteiger partial charge in [-0.15, -0.1) is 0 Å². The molecule has 0 bridgehead atoms. The number of aliphatic hydroxyl groups excluding tert-OH is 1. The summed E-state index contributed by atoms with van der Waals surface area (Å²) in [6, 6.07) is 0. The SMILES string of the molecule is [2H]O[C-](C)C.[Rf]. The van der Waals surface area contributed by atoms with Gasteiger partial charge in [0.2, 0.25) is 0 Å². The molecule has 0 aromatic heterocycles. The first-order chi connectivity index (χ1) is 2.27. The van der Waals surface area contributed by atoms with Gasteiger partial charge >= 0.3 is 0 Å². The van der Waals surface area contributed by atoms with Crippen LogP contribution in [0, 0.1) is 6.10 Å². The van der Waals surface area contributed by atoms with E-state index in [2.05, 4.69) is 5.11 Å². The normalized spacial score (nSPS) is 9.80. The Morgan fingerprint density at radius 3 is 2.00 bits per heavy atom.